The van der Waals surface area contributed by atoms with Gasteiger partial charge in [-0.1, -0.05) is 30.9 Å². The number of fused-ring (bicyclic) bond motifs is 1. The number of hydrogen-bond donors (Lipinski definition) is 1. The van der Waals surface area contributed by atoms with Crippen LogP contribution in [0.3, 0.4) is 0 Å². The Hall–Kier alpha value is -4.42. The van der Waals surface area contributed by atoms with Crippen molar-refractivity contribution in [3.63, 3.8) is 0 Å². The maximum Gasteiger partial charge on any atom is 0.356 e. The Morgan fingerprint density at radius 2 is 1.83 bits per heavy atom. The average Bonchev–Trinajstić information content (AvgIpc) is 2.91. The van der Waals surface area contributed by atoms with E-state index < -0.39 is 16.0 Å². The minimum absolute atomic E-state index is 0.0249. The van der Waals surface area contributed by atoms with Gasteiger partial charge >= 0.3 is 5.97 Å². The summed E-state index contributed by atoms with van der Waals surface area (Å²) in [5.41, 5.74) is 2.64. The molecule has 182 valence electrons. The molecule has 0 fully saturated rings. The number of methoxy groups -OCH3 is 2. The molecule has 8 nitrogen and oxygen atoms in total. The highest BCUT2D eigenvalue weighted by atomic mass is 32.2. The van der Waals surface area contributed by atoms with Gasteiger partial charge in [-0.25, -0.2) is 18.2 Å². The molecular weight excluding hydrogens is 478 g/mol. The molecule has 0 radical (unpaired) electrons. The molecule has 2 aromatic carbocycles. The van der Waals surface area contributed by atoms with E-state index in [9.17, 15) is 13.2 Å². The molecule has 0 saturated carbocycles. The molecule has 0 unspecified atom stereocenters. The van der Waals surface area contributed by atoms with Crippen LogP contribution in [-0.2, 0) is 21.2 Å². The average molecular weight is 502 g/mol. The lowest BCUT2D eigenvalue weighted by Crippen LogP contribution is -2.14. The van der Waals surface area contributed by atoms with Crippen LogP contribution in [0.4, 0.5) is 5.69 Å². The number of benzene rings is 2. The highest BCUT2D eigenvalue weighted by Gasteiger charge is 2.21. The molecule has 36 heavy (non-hydrogen) atoms. The first-order chi connectivity index (χ1) is 17.4. The van der Waals surface area contributed by atoms with Crippen molar-refractivity contribution in [2.24, 2.45) is 0 Å². The molecule has 2 heterocycles. The van der Waals surface area contributed by atoms with Gasteiger partial charge in [-0.15, -0.1) is 0 Å². The summed E-state index contributed by atoms with van der Waals surface area (Å²) in [7, 11) is -1.17. The molecule has 0 aliphatic heterocycles. The summed E-state index contributed by atoms with van der Waals surface area (Å²) in [5, 5.41) is 0.589. The summed E-state index contributed by atoms with van der Waals surface area (Å²) in [5.74, 6) is 6.03. The van der Waals surface area contributed by atoms with Crippen molar-refractivity contribution in [1.29, 1.82) is 0 Å². The van der Waals surface area contributed by atoms with Crippen LogP contribution in [0.25, 0.3) is 10.9 Å². The number of carbonyl (C=O) groups is 1. The topological polar surface area (TPSA) is 107 Å². The van der Waals surface area contributed by atoms with Crippen LogP contribution in [0, 0.1) is 11.8 Å². The maximum atomic E-state index is 13.4. The number of nitrogens with one attached hydrogen (secondary N) is 1. The van der Waals surface area contributed by atoms with Gasteiger partial charge < -0.3 is 9.47 Å². The van der Waals surface area contributed by atoms with Gasteiger partial charge in [0, 0.05) is 28.9 Å². The van der Waals surface area contributed by atoms with Gasteiger partial charge in [-0.05, 0) is 54.4 Å². The first-order valence-electron chi connectivity index (χ1n) is 11.0. The fourth-order valence-electron chi connectivity index (χ4n) is 3.66. The Labute approximate surface area is 209 Å². The predicted octanol–water partition coefficient (Wildman–Crippen LogP) is 4.19. The number of anilines is 1. The fourth-order valence-corrected chi connectivity index (χ4v) is 4.91. The Morgan fingerprint density at radius 1 is 1.03 bits per heavy atom. The molecule has 9 heteroatoms. The van der Waals surface area contributed by atoms with E-state index in [1.165, 1.54) is 32.7 Å². The lowest BCUT2D eigenvalue weighted by Gasteiger charge is -2.13. The molecule has 0 saturated heterocycles. The molecule has 2 aromatic heterocycles. The monoisotopic (exact) mass is 501 g/mol. The zero-order chi connectivity index (χ0) is 25.7. The van der Waals surface area contributed by atoms with E-state index >= 15 is 0 Å². The number of hydrogen-bond acceptors (Lipinski definition) is 7. The van der Waals surface area contributed by atoms with E-state index in [0.717, 1.165) is 0 Å². The quantitative estimate of drug-likeness (QED) is 0.312. The third-order valence-corrected chi connectivity index (χ3v) is 6.84. The van der Waals surface area contributed by atoms with E-state index in [1.807, 2.05) is 6.92 Å². The highest BCUT2D eigenvalue weighted by molar-refractivity contribution is 7.93. The largest absolute Gasteiger partial charge is 0.496 e. The normalized spacial score (nSPS) is 10.9. The fraction of sp³-hybridized carbons (Fsp3) is 0.148. The second-order valence-corrected chi connectivity index (χ2v) is 9.29. The van der Waals surface area contributed by atoms with Gasteiger partial charge in [0.2, 0.25) is 0 Å². The van der Waals surface area contributed by atoms with Gasteiger partial charge in [-0.2, -0.15) is 0 Å². The first-order valence-corrected chi connectivity index (χ1v) is 12.5. The van der Waals surface area contributed by atoms with E-state index in [2.05, 4.69) is 26.5 Å². The van der Waals surface area contributed by atoms with Crippen LogP contribution < -0.4 is 9.46 Å². The number of carbonyl (C=O) groups excluding carboxylic acids is 1. The molecule has 0 amide bonds. The van der Waals surface area contributed by atoms with E-state index in [0.29, 0.717) is 45.5 Å². The van der Waals surface area contributed by atoms with Crippen molar-refractivity contribution < 1.29 is 22.7 Å². The minimum atomic E-state index is -4.00. The van der Waals surface area contributed by atoms with Crippen LogP contribution >= 0.6 is 0 Å². The Bertz CT molecular complexity index is 1620. The zero-order valence-corrected chi connectivity index (χ0v) is 20.7. The predicted molar refractivity (Wildman–Crippen MR) is 136 cm³/mol. The molecule has 0 aliphatic rings. The number of pyridine rings is 2. The molecule has 0 spiro atoms. The minimum Gasteiger partial charge on any atom is -0.496 e. The van der Waals surface area contributed by atoms with Crippen molar-refractivity contribution in [1.82, 2.24) is 9.97 Å². The van der Waals surface area contributed by atoms with E-state index in [1.54, 1.807) is 48.5 Å². The summed E-state index contributed by atoms with van der Waals surface area (Å²) in [6, 6.07) is 15.1. The zero-order valence-electron chi connectivity index (χ0n) is 19.9. The number of nitrogens with zero attached hydrogens (tertiary/aromatic N) is 2. The van der Waals surface area contributed by atoms with Crippen LogP contribution in [0.5, 0.6) is 5.75 Å². The van der Waals surface area contributed by atoms with Crippen LogP contribution in [-0.4, -0.2) is 38.6 Å². The molecule has 4 aromatic rings. The molecule has 1 N–H and O–H groups in total. The molecule has 0 atom stereocenters. The van der Waals surface area contributed by atoms with Crippen molar-refractivity contribution in [3.05, 3.63) is 89.4 Å². The van der Waals surface area contributed by atoms with Gasteiger partial charge in [0.25, 0.3) is 10.0 Å². The Morgan fingerprint density at radius 3 is 2.58 bits per heavy atom. The third-order valence-electron chi connectivity index (χ3n) is 5.44. The third kappa shape index (κ3) is 4.99. The number of para-hydroxylation sites is 1. The number of aryl methyl sites for hydroxylation is 1. The molecule has 0 bridgehead atoms. The van der Waals surface area contributed by atoms with Crippen molar-refractivity contribution in [2.75, 3.05) is 18.9 Å². The summed E-state index contributed by atoms with van der Waals surface area (Å²) in [4.78, 5) is 20.4. The second-order valence-electron chi connectivity index (χ2n) is 7.64. The van der Waals surface area contributed by atoms with Gasteiger partial charge in [0.15, 0.2) is 5.69 Å². The number of aromatic nitrogens is 2. The molecular formula is C27H23N3O5S. The van der Waals surface area contributed by atoms with Gasteiger partial charge in [0.1, 0.15) is 10.6 Å². The number of sulfonamides is 1. The summed E-state index contributed by atoms with van der Waals surface area (Å²) in [6.45, 7) is 1.91. The lowest BCUT2D eigenvalue weighted by molar-refractivity contribution is 0.0592. The van der Waals surface area contributed by atoms with Crippen molar-refractivity contribution >= 4 is 32.6 Å². The van der Waals surface area contributed by atoms with Crippen LogP contribution in [0.2, 0.25) is 0 Å². The lowest BCUT2D eigenvalue weighted by atomic mass is 10.1. The number of ether oxygens (including phenoxy) is 2. The SMILES string of the molecule is CCc1cc(C#Cc2ccccc2NS(=O)(=O)c2ccc(OC)c3cccnc23)cnc1C(=O)OC. The van der Waals surface area contributed by atoms with Crippen molar-refractivity contribution in [2.45, 2.75) is 18.2 Å². The van der Waals surface area contributed by atoms with Gasteiger partial charge in [0.05, 0.1) is 25.4 Å². The van der Waals surface area contributed by atoms with Crippen molar-refractivity contribution in [3.8, 4) is 17.6 Å². The van der Waals surface area contributed by atoms with E-state index in [-0.39, 0.29) is 10.6 Å². The van der Waals surface area contributed by atoms with Gasteiger partial charge in [-0.3, -0.25) is 9.71 Å². The first kappa shape index (κ1) is 24.7. The smallest absolute Gasteiger partial charge is 0.356 e. The second kappa shape index (κ2) is 10.5. The highest BCUT2D eigenvalue weighted by Crippen LogP contribution is 2.30. The number of rotatable bonds is 6. The summed E-state index contributed by atoms with van der Waals surface area (Å²) >= 11 is 0. The Balaban J connectivity index is 1.69. The molecule has 4 rings (SSSR count). The standard InChI is InChI=1S/C27H23N3O5S/c1-4-19-16-18(17-29-25(19)27(31)35-3)11-12-20-8-5-6-10-22(20)30-36(32,33)24-14-13-23(34-2)21-9-7-15-28-26(21)24/h5-10,13-17,30H,4H2,1-3H3. The molecule has 0 aliphatic carbocycles. The van der Waals surface area contributed by atoms with Crippen LogP contribution in [0.1, 0.15) is 34.1 Å². The van der Waals surface area contributed by atoms with Crippen LogP contribution in [0.15, 0.2) is 71.9 Å². The summed E-state index contributed by atoms with van der Waals surface area (Å²) in [6.07, 6.45) is 3.60. The maximum absolute atomic E-state index is 13.4. The summed E-state index contributed by atoms with van der Waals surface area (Å²) < 4.78 is 39.5. The Kier molecular flexibility index (Phi) is 7.17. The van der Waals surface area contributed by atoms with E-state index in [4.69, 9.17) is 9.47 Å². The number of esters is 1.